The van der Waals surface area contributed by atoms with Crippen LogP contribution in [-0.2, 0) is 23.5 Å². The van der Waals surface area contributed by atoms with E-state index in [2.05, 4.69) is 10.6 Å². The van der Waals surface area contributed by atoms with Gasteiger partial charge in [-0.15, -0.1) is 22.9 Å². The monoisotopic (exact) mass is 496 g/mol. The number of esters is 1. The van der Waals surface area contributed by atoms with Gasteiger partial charge in [0.15, 0.2) is 0 Å². The lowest BCUT2D eigenvalue weighted by Gasteiger charge is -2.13. The van der Waals surface area contributed by atoms with Gasteiger partial charge < -0.3 is 15.4 Å². The van der Waals surface area contributed by atoms with Gasteiger partial charge in [0.05, 0.1) is 17.7 Å². The number of alkyl halides is 1. The normalized spacial score (nSPS) is 12.5. The number of aryl methyl sites for hydroxylation is 1. The number of thiophene rings is 1. The Balaban J connectivity index is 1.58. The highest BCUT2D eigenvalue weighted by atomic mass is 35.5. The molecule has 3 aromatic rings. The average molecular weight is 497 g/mol. The molecular formula is C26H25ClN2O4S. The van der Waals surface area contributed by atoms with Crippen LogP contribution in [0.3, 0.4) is 0 Å². The molecule has 0 atom stereocenters. The molecule has 0 aliphatic heterocycles. The average Bonchev–Trinajstić information content (AvgIpc) is 3.22. The molecule has 0 fully saturated rings. The van der Waals surface area contributed by atoms with Crippen molar-refractivity contribution >= 4 is 51.4 Å². The van der Waals surface area contributed by atoms with E-state index >= 15 is 0 Å². The predicted molar refractivity (Wildman–Crippen MR) is 135 cm³/mol. The Hall–Kier alpha value is -3.16. The molecule has 4 rings (SSSR count). The molecule has 176 valence electrons. The Morgan fingerprint density at radius 2 is 1.74 bits per heavy atom. The molecular weight excluding hydrogens is 472 g/mol. The fraction of sp³-hybridized carbons (Fsp3) is 0.269. The second-order valence-electron chi connectivity index (χ2n) is 7.96. The molecule has 1 aromatic heterocycles. The summed E-state index contributed by atoms with van der Waals surface area (Å²) in [6.07, 6.45) is 3.76. The first kappa shape index (κ1) is 24.0. The van der Waals surface area contributed by atoms with Gasteiger partial charge in [-0.2, -0.15) is 0 Å². The van der Waals surface area contributed by atoms with Crippen LogP contribution in [0.5, 0.6) is 0 Å². The van der Waals surface area contributed by atoms with Crippen molar-refractivity contribution in [1.82, 2.24) is 0 Å². The van der Waals surface area contributed by atoms with E-state index in [9.17, 15) is 14.4 Å². The van der Waals surface area contributed by atoms with Crippen LogP contribution in [0.1, 0.15) is 66.8 Å². The molecule has 0 saturated carbocycles. The third-order valence-corrected chi connectivity index (χ3v) is 7.14. The van der Waals surface area contributed by atoms with Crippen LogP contribution in [-0.4, -0.2) is 24.4 Å². The van der Waals surface area contributed by atoms with Crippen molar-refractivity contribution in [2.45, 2.75) is 38.5 Å². The quantitative estimate of drug-likeness (QED) is 0.308. The minimum atomic E-state index is -0.407. The van der Waals surface area contributed by atoms with Crippen LogP contribution in [0.25, 0.3) is 0 Å². The fourth-order valence-corrected chi connectivity index (χ4v) is 5.41. The van der Waals surface area contributed by atoms with Crippen molar-refractivity contribution in [2.75, 3.05) is 17.2 Å². The minimum absolute atomic E-state index is 0.279. The number of hydrogen-bond acceptors (Lipinski definition) is 5. The van der Waals surface area contributed by atoms with Crippen molar-refractivity contribution < 1.29 is 19.1 Å². The molecule has 2 amide bonds. The number of carbonyl (C=O) groups excluding carboxylic acids is 3. The molecule has 2 N–H and O–H groups in total. The standard InChI is InChI=1S/C26H25ClN2O4S/c1-2-33-26(32)17-10-12-19(13-11-17)28-24(31)22-20-8-3-4-9-21(20)34-25(22)29-23(30)18-7-5-6-16(14-18)15-27/h5-7,10-14H,2-4,8-9,15H2,1H3,(H,28,31)(H,29,30). The fourth-order valence-electron chi connectivity index (χ4n) is 3.96. The van der Waals surface area contributed by atoms with Gasteiger partial charge in [-0.25, -0.2) is 4.79 Å². The highest BCUT2D eigenvalue weighted by molar-refractivity contribution is 7.17. The molecule has 0 unspecified atom stereocenters. The van der Waals surface area contributed by atoms with E-state index in [1.54, 1.807) is 49.4 Å². The molecule has 0 saturated heterocycles. The number of benzene rings is 2. The third kappa shape index (κ3) is 5.32. The topological polar surface area (TPSA) is 84.5 Å². The van der Waals surface area contributed by atoms with Crippen LogP contribution >= 0.6 is 22.9 Å². The maximum absolute atomic E-state index is 13.3. The van der Waals surface area contributed by atoms with Crippen LogP contribution in [0.4, 0.5) is 10.7 Å². The molecule has 34 heavy (non-hydrogen) atoms. The zero-order valence-electron chi connectivity index (χ0n) is 18.8. The molecule has 8 heteroatoms. The van der Waals surface area contributed by atoms with Crippen LogP contribution in [0, 0.1) is 0 Å². The lowest BCUT2D eigenvalue weighted by Crippen LogP contribution is -2.18. The molecule has 2 aromatic carbocycles. The summed E-state index contributed by atoms with van der Waals surface area (Å²) in [4.78, 5) is 39.3. The second kappa shape index (κ2) is 10.8. The molecule has 1 aliphatic carbocycles. The number of halogens is 1. The van der Waals surface area contributed by atoms with Crippen molar-refractivity contribution in [3.63, 3.8) is 0 Å². The highest BCUT2D eigenvalue weighted by Gasteiger charge is 2.27. The van der Waals surface area contributed by atoms with E-state index in [1.807, 2.05) is 6.07 Å². The zero-order valence-corrected chi connectivity index (χ0v) is 20.4. The number of rotatable bonds is 7. The molecule has 0 bridgehead atoms. The summed E-state index contributed by atoms with van der Waals surface area (Å²) < 4.78 is 5.00. The number of hydrogen-bond donors (Lipinski definition) is 2. The first-order valence-electron chi connectivity index (χ1n) is 11.2. The molecule has 0 spiro atoms. The van der Waals surface area contributed by atoms with Crippen molar-refractivity contribution in [3.05, 3.63) is 81.2 Å². The number of amides is 2. The van der Waals surface area contributed by atoms with E-state index in [1.165, 1.54) is 11.3 Å². The number of anilines is 2. The van der Waals surface area contributed by atoms with Gasteiger partial charge in [0.1, 0.15) is 5.00 Å². The van der Waals surface area contributed by atoms with E-state index in [0.717, 1.165) is 41.7 Å². The number of carbonyl (C=O) groups is 3. The maximum Gasteiger partial charge on any atom is 0.338 e. The zero-order chi connectivity index (χ0) is 24.1. The van der Waals surface area contributed by atoms with Crippen molar-refractivity contribution in [1.29, 1.82) is 0 Å². The summed E-state index contributed by atoms with van der Waals surface area (Å²) in [6, 6.07) is 13.7. The van der Waals surface area contributed by atoms with Crippen LogP contribution in [0.15, 0.2) is 48.5 Å². The first-order chi connectivity index (χ1) is 16.5. The lowest BCUT2D eigenvalue weighted by molar-refractivity contribution is 0.0526. The van der Waals surface area contributed by atoms with Crippen molar-refractivity contribution in [2.24, 2.45) is 0 Å². The van der Waals surface area contributed by atoms with Gasteiger partial charge in [0.25, 0.3) is 11.8 Å². The third-order valence-electron chi connectivity index (χ3n) is 5.62. The smallest absolute Gasteiger partial charge is 0.338 e. The Bertz CT molecular complexity index is 1220. The van der Waals surface area contributed by atoms with Gasteiger partial charge in [-0.05, 0) is 80.1 Å². The summed E-state index contributed by atoms with van der Waals surface area (Å²) in [5.41, 5.74) is 3.83. The Labute approximate surface area is 207 Å². The van der Waals surface area contributed by atoms with E-state index in [4.69, 9.17) is 16.3 Å². The summed E-state index contributed by atoms with van der Waals surface area (Å²) in [6.45, 7) is 2.05. The van der Waals surface area contributed by atoms with E-state index in [0.29, 0.717) is 39.9 Å². The first-order valence-corrected chi connectivity index (χ1v) is 12.5. The van der Waals surface area contributed by atoms with Gasteiger partial charge in [0.2, 0.25) is 0 Å². The number of fused-ring (bicyclic) bond motifs is 1. The van der Waals surface area contributed by atoms with Gasteiger partial charge >= 0.3 is 5.97 Å². The predicted octanol–water partition coefficient (Wildman–Crippen LogP) is 6.05. The summed E-state index contributed by atoms with van der Waals surface area (Å²) >= 11 is 7.38. The lowest BCUT2D eigenvalue weighted by atomic mass is 9.95. The highest BCUT2D eigenvalue weighted by Crippen LogP contribution is 2.39. The van der Waals surface area contributed by atoms with Crippen molar-refractivity contribution in [3.8, 4) is 0 Å². The largest absolute Gasteiger partial charge is 0.462 e. The maximum atomic E-state index is 13.3. The molecule has 6 nitrogen and oxygen atoms in total. The number of nitrogens with one attached hydrogen (secondary N) is 2. The summed E-state index contributed by atoms with van der Waals surface area (Å²) in [7, 11) is 0. The van der Waals surface area contributed by atoms with Crippen LogP contribution < -0.4 is 10.6 Å². The number of ether oxygens (including phenoxy) is 1. The molecule has 1 heterocycles. The Kier molecular flexibility index (Phi) is 7.65. The Morgan fingerprint density at radius 1 is 0.971 bits per heavy atom. The SMILES string of the molecule is CCOC(=O)c1ccc(NC(=O)c2c(NC(=O)c3cccc(CCl)c3)sc3c2CCCC3)cc1. The van der Waals surface area contributed by atoms with Gasteiger partial charge in [-0.1, -0.05) is 12.1 Å². The van der Waals surface area contributed by atoms with Gasteiger partial charge in [-0.3, -0.25) is 9.59 Å². The van der Waals surface area contributed by atoms with Gasteiger partial charge in [0, 0.05) is 22.0 Å². The van der Waals surface area contributed by atoms with E-state index in [-0.39, 0.29) is 11.8 Å². The molecule has 0 radical (unpaired) electrons. The summed E-state index contributed by atoms with van der Waals surface area (Å²) in [5.74, 6) is -0.654. The molecule has 1 aliphatic rings. The summed E-state index contributed by atoms with van der Waals surface area (Å²) in [5, 5.41) is 6.42. The van der Waals surface area contributed by atoms with E-state index < -0.39 is 5.97 Å². The minimum Gasteiger partial charge on any atom is -0.462 e. The Morgan fingerprint density at radius 3 is 2.47 bits per heavy atom. The van der Waals surface area contributed by atoms with Crippen LogP contribution in [0.2, 0.25) is 0 Å². The second-order valence-corrected chi connectivity index (χ2v) is 9.33.